The van der Waals surface area contributed by atoms with Gasteiger partial charge in [-0.15, -0.1) is 0 Å². The van der Waals surface area contributed by atoms with E-state index in [9.17, 15) is 14.4 Å². The van der Waals surface area contributed by atoms with E-state index in [1.165, 1.54) is 122 Å². The number of hydrogen-bond acceptors (Lipinski definition) is 6. The minimum absolute atomic E-state index is 0.105. The van der Waals surface area contributed by atoms with Gasteiger partial charge >= 0.3 is 17.9 Å². The lowest BCUT2D eigenvalue weighted by Gasteiger charge is -2.18. The first-order valence-corrected chi connectivity index (χ1v) is 31.0. The van der Waals surface area contributed by atoms with Crippen LogP contribution < -0.4 is 0 Å². The van der Waals surface area contributed by atoms with Crippen LogP contribution in [-0.2, 0) is 28.6 Å². The van der Waals surface area contributed by atoms with Crippen LogP contribution in [0, 0.1) is 0 Å². The fourth-order valence-electron chi connectivity index (χ4n) is 8.40. The van der Waals surface area contributed by atoms with Gasteiger partial charge in [0.1, 0.15) is 13.2 Å². The molecule has 0 heterocycles. The van der Waals surface area contributed by atoms with Gasteiger partial charge in [0.15, 0.2) is 6.10 Å². The molecular formula is C69H114O6. The Labute approximate surface area is 462 Å². The number of carbonyl (C=O) groups excluding carboxylic acids is 3. The molecule has 426 valence electrons. The zero-order valence-electron chi connectivity index (χ0n) is 48.8. The molecule has 0 spiro atoms. The lowest BCUT2D eigenvalue weighted by Crippen LogP contribution is -2.30. The van der Waals surface area contributed by atoms with Crippen LogP contribution in [0.5, 0.6) is 0 Å². The van der Waals surface area contributed by atoms with E-state index < -0.39 is 6.10 Å². The summed E-state index contributed by atoms with van der Waals surface area (Å²) in [6.45, 7) is 6.35. The molecule has 0 saturated carbocycles. The van der Waals surface area contributed by atoms with Crippen molar-refractivity contribution < 1.29 is 28.6 Å². The summed E-state index contributed by atoms with van der Waals surface area (Å²) >= 11 is 0. The summed E-state index contributed by atoms with van der Waals surface area (Å²) < 4.78 is 16.8. The lowest BCUT2D eigenvalue weighted by atomic mass is 10.0. The number of hydrogen-bond donors (Lipinski definition) is 0. The normalized spacial score (nSPS) is 12.9. The van der Waals surface area contributed by atoms with Crippen molar-refractivity contribution in [3.63, 3.8) is 0 Å². The summed E-state index contributed by atoms with van der Waals surface area (Å²) in [6.07, 6.45) is 86.4. The molecule has 75 heavy (non-hydrogen) atoms. The van der Waals surface area contributed by atoms with Crippen LogP contribution in [0.3, 0.4) is 0 Å². The molecule has 0 aromatic heterocycles. The maximum absolute atomic E-state index is 12.9. The fourth-order valence-corrected chi connectivity index (χ4v) is 8.40. The van der Waals surface area contributed by atoms with E-state index in [1.54, 1.807) is 0 Å². The molecule has 0 aliphatic heterocycles. The third kappa shape index (κ3) is 60.6. The van der Waals surface area contributed by atoms with Crippen molar-refractivity contribution in [2.45, 2.75) is 284 Å². The number of esters is 3. The summed E-state index contributed by atoms with van der Waals surface area (Å²) in [4.78, 5) is 38.2. The molecule has 0 aromatic rings. The van der Waals surface area contributed by atoms with Crippen molar-refractivity contribution in [3.05, 3.63) is 122 Å². The zero-order chi connectivity index (χ0) is 54.3. The van der Waals surface area contributed by atoms with Gasteiger partial charge in [-0.1, -0.05) is 284 Å². The van der Waals surface area contributed by atoms with Gasteiger partial charge in [-0.2, -0.15) is 0 Å². The Kier molecular flexibility index (Phi) is 58.9. The first-order chi connectivity index (χ1) is 37.0. The van der Waals surface area contributed by atoms with E-state index in [1.807, 2.05) is 6.08 Å². The zero-order valence-corrected chi connectivity index (χ0v) is 48.8. The van der Waals surface area contributed by atoms with E-state index in [0.717, 1.165) is 109 Å². The van der Waals surface area contributed by atoms with E-state index in [2.05, 4.69) is 136 Å². The van der Waals surface area contributed by atoms with Crippen LogP contribution in [0.15, 0.2) is 122 Å². The van der Waals surface area contributed by atoms with Gasteiger partial charge in [-0.05, 0) is 96.3 Å². The SMILES string of the molecule is CC/C=C\C/C=C\C/C=C\C/C=C\C/C=C\C/C=C\CCCCCCCCCCC(=O)OCC(COC(=O)CC/C=C\C/C=C\C/C=C\C/C=C\CC)OC(=O)CCCCCCCCCCCCCCCCCCC. The smallest absolute Gasteiger partial charge is 0.306 e. The standard InChI is InChI=1S/C69H114O6/c1-4-7-10-13-16-19-22-25-27-29-30-31-32-33-34-35-36-37-38-40-41-44-47-50-53-56-59-62-68(71)74-65-66(64-73-67(70)61-58-55-52-49-46-43-24-21-18-15-12-9-6-3)75-69(72)63-60-57-54-51-48-45-42-39-28-26-23-20-17-14-11-8-5-2/h7,9-10,12,16,18-19,21,25,27,30-31,33-34,36-37,43,46,52,55,66H,4-6,8,11,13-15,17,20,22-24,26,28-29,32,35,38-42,44-45,47-51,53-54,56-65H2,1-3H3/b10-7-,12-9-,19-16-,21-18-,27-25-,31-30-,34-33-,37-36-,46-43-,55-52-. The Bertz CT molecular complexity index is 1570. The molecule has 0 rings (SSSR count). The molecule has 6 nitrogen and oxygen atoms in total. The Morgan fingerprint density at radius 3 is 0.893 bits per heavy atom. The van der Waals surface area contributed by atoms with Crippen LogP contribution >= 0.6 is 0 Å². The second-order valence-corrected chi connectivity index (χ2v) is 20.2. The predicted molar refractivity (Wildman–Crippen MR) is 325 cm³/mol. The lowest BCUT2D eigenvalue weighted by molar-refractivity contribution is -0.166. The Hall–Kier alpha value is -4.19. The average Bonchev–Trinajstić information content (AvgIpc) is 3.41. The van der Waals surface area contributed by atoms with Crippen LogP contribution in [0.25, 0.3) is 0 Å². The Balaban J connectivity index is 4.37. The largest absolute Gasteiger partial charge is 0.462 e. The maximum atomic E-state index is 12.9. The molecule has 0 radical (unpaired) electrons. The van der Waals surface area contributed by atoms with Crippen molar-refractivity contribution in [2.75, 3.05) is 13.2 Å². The third-order valence-electron chi connectivity index (χ3n) is 13.0. The fraction of sp³-hybridized carbons (Fsp3) is 0.667. The molecule has 0 saturated heterocycles. The van der Waals surface area contributed by atoms with Crippen LogP contribution in [0.1, 0.15) is 278 Å². The molecule has 1 unspecified atom stereocenters. The molecule has 1 atom stereocenters. The number of rotatable bonds is 55. The minimum atomic E-state index is -0.812. The van der Waals surface area contributed by atoms with Crippen molar-refractivity contribution in [1.82, 2.24) is 0 Å². The van der Waals surface area contributed by atoms with Crippen molar-refractivity contribution >= 4 is 17.9 Å². The van der Waals surface area contributed by atoms with Gasteiger partial charge in [-0.3, -0.25) is 14.4 Å². The first-order valence-electron chi connectivity index (χ1n) is 31.0. The molecule has 0 aliphatic carbocycles. The van der Waals surface area contributed by atoms with Crippen LogP contribution in [0.2, 0.25) is 0 Å². The molecule has 0 fully saturated rings. The van der Waals surface area contributed by atoms with Gasteiger partial charge in [0.05, 0.1) is 0 Å². The van der Waals surface area contributed by atoms with Gasteiger partial charge in [0, 0.05) is 19.3 Å². The van der Waals surface area contributed by atoms with Gasteiger partial charge < -0.3 is 14.2 Å². The van der Waals surface area contributed by atoms with Crippen molar-refractivity contribution in [1.29, 1.82) is 0 Å². The summed E-state index contributed by atoms with van der Waals surface area (Å²) in [5.74, 6) is -0.992. The number of allylic oxidation sites excluding steroid dienone is 20. The van der Waals surface area contributed by atoms with Crippen LogP contribution in [-0.4, -0.2) is 37.2 Å². The highest BCUT2D eigenvalue weighted by Gasteiger charge is 2.19. The monoisotopic (exact) mass is 1040 g/mol. The topological polar surface area (TPSA) is 78.9 Å². The first kappa shape index (κ1) is 70.8. The highest BCUT2D eigenvalue weighted by atomic mass is 16.6. The molecule has 0 amide bonds. The number of ether oxygens (including phenoxy) is 3. The predicted octanol–water partition coefficient (Wildman–Crippen LogP) is 21.2. The molecule has 0 aromatic carbocycles. The number of carbonyl (C=O) groups is 3. The average molecular weight is 1040 g/mol. The van der Waals surface area contributed by atoms with E-state index in [-0.39, 0.29) is 37.5 Å². The highest BCUT2D eigenvalue weighted by Crippen LogP contribution is 2.16. The Morgan fingerprint density at radius 2 is 0.547 bits per heavy atom. The molecule has 0 bridgehead atoms. The minimum Gasteiger partial charge on any atom is -0.462 e. The number of unbranched alkanes of at least 4 members (excludes halogenated alkanes) is 24. The molecule has 0 aliphatic rings. The summed E-state index contributed by atoms with van der Waals surface area (Å²) in [5.41, 5.74) is 0. The summed E-state index contributed by atoms with van der Waals surface area (Å²) in [7, 11) is 0. The molecule has 0 N–H and O–H groups in total. The van der Waals surface area contributed by atoms with Crippen molar-refractivity contribution in [2.24, 2.45) is 0 Å². The Morgan fingerprint density at radius 1 is 0.280 bits per heavy atom. The van der Waals surface area contributed by atoms with Gasteiger partial charge in [-0.25, -0.2) is 0 Å². The van der Waals surface area contributed by atoms with E-state index >= 15 is 0 Å². The maximum Gasteiger partial charge on any atom is 0.306 e. The quantitative estimate of drug-likeness (QED) is 0.0261. The molecular weight excluding hydrogens is 925 g/mol. The van der Waals surface area contributed by atoms with E-state index in [4.69, 9.17) is 14.2 Å². The summed E-state index contributed by atoms with van der Waals surface area (Å²) in [6, 6.07) is 0. The second kappa shape index (κ2) is 62.4. The molecule has 6 heteroatoms. The highest BCUT2D eigenvalue weighted by molar-refractivity contribution is 5.71. The van der Waals surface area contributed by atoms with Crippen LogP contribution in [0.4, 0.5) is 0 Å². The van der Waals surface area contributed by atoms with Crippen molar-refractivity contribution in [3.8, 4) is 0 Å². The second-order valence-electron chi connectivity index (χ2n) is 20.2. The third-order valence-corrected chi connectivity index (χ3v) is 13.0. The van der Waals surface area contributed by atoms with Gasteiger partial charge in [0.25, 0.3) is 0 Å². The van der Waals surface area contributed by atoms with Gasteiger partial charge in [0.2, 0.25) is 0 Å². The van der Waals surface area contributed by atoms with E-state index in [0.29, 0.717) is 19.3 Å². The summed E-state index contributed by atoms with van der Waals surface area (Å²) in [5, 5.41) is 0.